The van der Waals surface area contributed by atoms with Gasteiger partial charge < -0.3 is 10.1 Å². The Morgan fingerprint density at radius 3 is 2.80 bits per heavy atom. The molecule has 0 radical (unpaired) electrons. The largest absolute Gasteiger partial charge is 0.497 e. The van der Waals surface area contributed by atoms with Crippen molar-refractivity contribution in [3.63, 3.8) is 0 Å². The Hall–Kier alpha value is -2.45. The molecule has 0 aliphatic heterocycles. The zero-order valence-corrected chi connectivity index (χ0v) is 15.7. The average Bonchev–Trinajstić information content (AvgIpc) is 3.01. The third-order valence-electron chi connectivity index (χ3n) is 3.57. The maximum atomic E-state index is 12.3. The van der Waals surface area contributed by atoms with Crippen molar-refractivity contribution in [3.8, 4) is 11.4 Å². The summed E-state index contributed by atoms with van der Waals surface area (Å²) in [6, 6.07) is 14.6. The Balaban J connectivity index is 1.79. The molecule has 128 valence electrons. The first-order chi connectivity index (χ1) is 12.1. The highest BCUT2D eigenvalue weighted by atomic mass is 79.9. The van der Waals surface area contributed by atoms with Gasteiger partial charge in [0.1, 0.15) is 5.75 Å². The van der Waals surface area contributed by atoms with Gasteiger partial charge in [-0.3, -0.25) is 14.5 Å². The molecule has 0 spiro atoms. The van der Waals surface area contributed by atoms with Gasteiger partial charge in [0.05, 0.1) is 13.7 Å². The van der Waals surface area contributed by atoms with E-state index in [4.69, 9.17) is 17.0 Å². The zero-order valence-electron chi connectivity index (χ0n) is 13.3. The molecular weight excluding hydrogens is 404 g/mol. The second kappa shape index (κ2) is 7.62. The summed E-state index contributed by atoms with van der Waals surface area (Å²) in [5.74, 6) is 1.03. The number of amides is 1. The Morgan fingerprint density at radius 2 is 2.08 bits per heavy atom. The van der Waals surface area contributed by atoms with E-state index in [1.807, 2.05) is 24.3 Å². The van der Waals surface area contributed by atoms with Crippen LogP contribution in [0.15, 0.2) is 53.0 Å². The number of halogens is 1. The number of nitrogens with zero attached hydrogens (tertiary/aromatic N) is 2. The quantitative estimate of drug-likeness (QED) is 0.620. The summed E-state index contributed by atoms with van der Waals surface area (Å²) in [5, 5.41) is 9.82. The maximum absolute atomic E-state index is 12.3. The number of aromatic nitrogens is 3. The van der Waals surface area contributed by atoms with E-state index < -0.39 is 0 Å². The normalized spacial score (nSPS) is 10.5. The van der Waals surface area contributed by atoms with Crippen LogP contribution >= 0.6 is 28.1 Å². The van der Waals surface area contributed by atoms with E-state index in [0.29, 0.717) is 21.9 Å². The molecule has 0 saturated heterocycles. The molecule has 3 aromatic rings. The Morgan fingerprint density at radius 1 is 1.32 bits per heavy atom. The van der Waals surface area contributed by atoms with Crippen molar-refractivity contribution in [3.05, 3.63) is 69.2 Å². The number of carbonyl (C=O) groups is 1. The number of methoxy groups -OCH3 is 1. The highest BCUT2D eigenvalue weighted by Gasteiger charge is 2.11. The van der Waals surface area contributed by atoms with Gasteiger partial charge in [0.25, 0.3) is 5.91 Å². The fourth-order valence-corrected chi connectivity index (χ4v) is 2.85. The summed E-state index contributed by atoms with van der Waals surface area (Å²) >= 11 is 8.71. The molecule has 0 unspecified atom stereocenters. The first-order valence-electron chi connectivity index (χ1n) is 7.43. The summed E-state index contributed by atoms with van der Waals surface area (Å²) in [7, 11) is 1.56. The van der Waals surface area contributed by atoms with Gasteiger partial charge in [-0.2, -0.15) is 5.10 Å². The van der Waals surface area contributed by atoms with E-state index in [0.717, 1.165) is 10.2 Å². The number of carbonyl (C=O) groups excluding carboxylic acids is 1. The second-order valence-corrected chi connectivity index (χ2v) is 6.47. The molecule has 6 nitrogen and oxygen atoms in total. The van der Waals surface area contributed by atoms with Crippen LogP contribution in [-0.4, -0.2) is 27.8 Å². The predicted octanol–water partition coefficient (Wildman–Crippen LogP) is 3.63. The lowest BCUT2D eigenvalue weighted by Crippen LogP contribution is -2.24. The molecule has 1 heterocycles. The number of hydrogen-bond donors (Lipinski definition) is 2. The van der Waals surface area contributed by atoms with Gasteiger partial charge in [0.2, 0.25) is 0 Å². The summed E-state index contributed by atoms with van der Waals surface area (Å²) in [6.07, 6.45) is 0. The van der Waals surface area contributed by atoms with Crippen molar-refractivity contribution >= 4 is 34.1 Å². The summed E-state index contributed by atoms with van der Waals surface area (Å²) in [4.78, 5) is 12.3. The zero-order chi connectivity index (χ0) is 17.8. The van der Waals surface area contributed by atoms with Crippen molar-refractivity contribution < 1.29 is 9.53 Å². The van der Waals surface area contributed by atoms with E-state index in [2.05, 4.69) is 31.4 Å². The van der Waals surface area contributed by atoms with Crippen molar-refractivity contribution in [1.29, 1.82) is 0 Å². The first kappa shape index (κ1) is 17.4. The molecule has 0 fully saturated rings. The molecule has 8 heteroatoms. The molecule has 1 amide bonds. The highest BCUT2D eigenvalue weighted by molar-refractivity contribution is 9.10. The van der Waals surface area contributed by atoms with Gasteiger partial charge in [0.15, 0.2) is 10.6 Å². The molecule has 25 heavy (non-hydrogen) atoms. The van der Waals surface area contributed by atoms with Crippen LogP contribution in [0.4, 0.5) is 0 Å². The summed E-state index contributed by atoms with van der Waals surface area (Å²) in [5.41, 5.74) is 1.39. The molecule has 0 aliphatic rings. The van der Waals surface area contributed by atoms with Crippen molar-refractivity contribution in [2.45, 2.75) is 6.54 Å². The lowest BCUT2D eigenvalue weighted by atomic mass is 10.2. The van der Waals surface area contributed by atoms with Gasteiger partial charge >= 0.3 is 0 Å². The molecule has 0 bridgehead atoms. The number of ether oxygens (including phenoxy) is 1. The number of rotatable bonds is 5. The van der Waals surface area contributed by atoms with Crippen LogP contribution in [0.2, 0.25) is 0 Å². The molecule has 0 saturated carbocycles. The van der Waals surface area contributed by atoms with Crippen molar-refractivity contribution in [2.75, 3.05) is 7.11 Å². The van der Waals surface area contributed by atoms with Crippen LogP contribution in [0.5, 0.6) is 5.75 Å². The number of aromatic amines is 1. The van der Waals surface area contributed by atoms with Crippen LogP contribution in [0.3, 0.4) is 0 Å². The molecule has 0 atom stereocenters. The Kier molecular flexibility index (Phi) is 5.30. The van der Waals surface area contributed by atoms with E-state index >= 15 is 0 Å². The number of H-pyrrole nitrogens is 1. The monoisotopic (exact) mass is 418 g/mol. The van der Waals surface area contributed by atoms with Gasteiger partial charge in [-0.15, -0.1) is 0 Å². The van der Waals surface area contributed by atoms with E-state index in [9.17, 15) is 4.79 Å². The van der Waals surface area contributed by atoms with Crippen LogP contribution in [-0.2, 0) is 6.54 Å². The fraction of sp³-hybridized carbons (Fsp3) is 0.118. The molecule has 2 N–H and O–H groups in total. The molecular formula is C17H15BrN4O2S. The number of nitrogens with one attached hydrogen (secondary N) is 2. The number of hydrogen-bond acceptors (Lipinski definition) is 4. The smallest absolute Gasteiger partial charge is 0.251 e. The van der Waals surface area contributed by atoms with E-state index in [1.165, 1.54) is 0 Å². The van der Waals surface area contributed by atoms with Crippen LogP contribution < -0.4 is 10.1 Å². The van der Waals surface area contributed by atoms with Crippen LogP contribution in [0, 0.1) is 4.77 Å². The molecule has 0 aliphatic carbocycles. The van der Waals surface area contributed by atoms with Gasteiger partial charge in [-0.25, -0.2) is 0 Å². The standard InChI is InChI=1S/C17H15BrN4O2S/c1-24-14-4-2-3-11(9-14)16(23)19-10-15-20-21-17(25)22(15)13-7-5-12(18)6-8-13/h2-9H,10H2,1H3,(H,19,23)(H,21,25). The first-order valence-corrected chi connectivity index (χ1v) is 8.63. The second-order valence-electron chi connectivity index (χ2n) is 5.17. The molecule has 2 aromatic carbocycles. The minimum absolute atomic E-state index is 0.213. The minimum Gasteiger partial charge on any atom is -0.497 e. The lowest BCUT2D eigenvalue weighted by molar-refractivity contribution is 0.0949. The third-order valence-corrected chi connectivity index (χ3v) is 4.37. The average molecular weight is 419 g/mol. The predicted molar refractivity (Wildman–Crippen MR) is 101 cm³/mol. The van der Waals surface area contributed by atoms with Crippen LogP contribution in [0.25, 0.3) is 5.69 Å². The lowest BCUT2D eigenvalue weighted by Gasteiger charge is -2.09. The molecule has 1 aromatic heterocycles. The van der Waals surface area contributed by atoms with E-state index in [-0.39, 0.29) is 12.5 Å². The SMILES string of the molecule is COc1cccc(C(=O)NCc2n[nH]c(=S)n2-c2ccc(Br)cc2)c1. The van der Waals surface area contributed by atoms with Gasteiger partial charge in [-0.1, -0.05) is 22.0 Å². The highest BCUT2D eigenvalue weighted by Crippen LogP contribution is 2.16. The van der Waals surface area contributed by atoms with Crippen LogP contribution in [0.1, 0.15) is 16.2 Å². The Labute approximate surface area is 158 Å². The minimum atomic E-state index is -0.213. The molecule has 3 rings (SSSR count). The van der Waals surface area contributed by atoms with Crippen molar-refractivity contribution in [1.82, 2.24) is 20.1 Å². The van der Waals surface area contributed by atoms with Gasteiger partial charge in [0, 0.05) is 15.7 Å². The topological polar surface area (TPSA) is 71.9 Å². The Bertz CT molecular complexity index is 950. The van der Waals surface area contributed by atoms with E-state index in [1.54, 1.807) is 35.9 Å². The fourth-order valence-electron chi connectivity index (χ4n) is 2.33. The number of benzene rings is 2. The maximum Gasteiger partial charge on any atom is 0.251 e. The van der Waals surface area contributed by atoms with Crippen molar-refractivity contribution in [2.24, 2.45) is 0 Å². The third kappa shape index (κ3) is 3.97. The van der Waals surface area contributed by atoms with Gasteiger partial charge in [-0.05, 0) is 54.7 Å². The summed E-state index contributed by atoms with van der Waals surface area (Å²) < 4.78 is 8.36. The summed E-state index contributed by atoms with van der Waals surface area (Å²) in [6.45, 7) is 0.235.